The first kappa shape index (κ1) is 20.9. The van der Waals surface area contributed by atoms with Crippen molar-refractivity contribution in [2.45, 2.75) is 13.5 Å². The van der Waals surface area contributed by atoms with Crippen LogP contribution in [-0.2, 0) is 16.2 Å². The summed E-state index contributed by atoms with van der Waals surface area (Å²) in [6.07, 6.45) is 1.52. The molecule has 154 valence electrons. The number of methoxy groups -OCH3 is 1. The summed E-state index contributed by atoms with van der Waals surface area (Å²) in [5.41, 5.74) is 3.63. The zero-order chi connectivity index (χ0) is 21.2. The maximum atomic E-state index is 11.9. The fourth-order valence-corrected chi connectivity index (χ4v) is 2.73. The molecular formula is C24H24N2O4. The molecule has 0 radical (unpaired) electrons. The highest BCUT2D eigenvalue weighted by Gasteiger charge is 2.06. The van der Waals surface area contributed by atoms with Gasteiger partial charge in [-0.05, 0) is 48.4 Å². The van der Waals surface area contributed by atoms with E-state index in [9.17, 15) is 4.79 Å². The molecule has 6 nitrogen and oxygen atoms in total. The Bertz CT molecular complexity index is 1000. The number of hydrogen-bond donors (Lipinski definition) is 1. The van der Waals surface area contributed by atoms with E-state index in [2.05, 4.69) is 10.5 Å². The Kier molecular flexibility index (Phi) is 7.44. The third kappa shape index (κ3) is 6.38. The Morgan fingerprint density at radius 3 is 2.60 bits per heavy atom. The van der Waals surface area contributed by atoms with Crippen LogP contribution in [-0.4, -0.2) is 25.8 Å². The number of nitrogens with zero attached hydrogens (tertiary/aromatic N) is 1. The second-order valence-electron chi connectivity index (χ2n) is 6.61. The summed E-state index contributed by atoms with van der Waals surface area (Å²) < 4.78 is 11.2. The molecule has 6 heteroatoms. The lowest BCUT2D eigenvalue weighted by Crippen LogP contribution is -2.16. The summed E-state index contributed by atoms with van der Waals surface area (Å²) in [6, 6.07) is 22.9. The molecule has 0 fully saturated rings. The molecule has 0 saturated heterocycles. The van der Waals surface area contributed by atoms with Gasteiger partial charge in [-0.25, -0.2) is 0 Å². The number of carbonyl (C=O) groups is 1. The molecule has 3 aromatic rings. The molecule has 0 spiro atoms. The quantitative estimate of drug-likeness (QED) is 0.419. The minimum Gasteiger partial charge on any atom is -0.493 e. The van der Waals surface area contributed by atoms with Crippen LogP contribution in [0.3, 0.4) is 0 Å². The zero-order valence-corrected chi connectivity index (χ0v) is 17.0. The number of carbonyl (C=O) groups excluding carboxylic acids is 1. The summed E-state index contributed by atoms with van der Waals surface area (Å²) in [6.45, 7) is 2.23. The van der Waals surface area contributed by atoms with Crippen molar-refractivity contribution in [3.63, 3.8) is 0 Å². The number of amides is 1. The number of anilines is 1. The Labute approximate surface area is 176 Å². The van der Waals surface area contributed by atoms with E-state index in [4.69, 9.17) is 14.3 Å². The van der Waals surface area contributed by atoms with Gasteiger partial charge in [0.1, 0.15) is 6.61 Å². The predicted molar refractivity (Wildman–Crippen MR) is 117 cm³/mol. The lowest BCUT2D eigenvalue weighted by molar-refractivity contribution is -0.120. The molecule has 30 heavy (non-hydrogen) atoms. The molecule has 3 aromatic carbocycles. The van der Waals surface area contributed by atoms with Crippen LogP contribution < -0.4 is 14.8 Å². The van der Waals surface area contributed by atoms with Gasteiger partial charge in [0.25, 0.3) is 5.91 Å². The number of oxime groups is 1. The highest BCUT2D eigenvalue weighted by Crippen LogP contribution is 2.28. The average Bonchev–Trinajstić information content (AvgIpc) is 2.76. The molecule has 0 aromatic heterocycles. The fourth-order valence-electron chi connectivity index (χ4n) is 2.73. The molecule has 0 unspecified atom stereocenters. The highest BCUT2D eigenvalue weighted by atomic mass is 16.6. The van der Waals surface area contributed by atoms with Gasteiger partial charge in [-0.2, -0.15) is 0 Å². The van der Waals surface area contributed by atoms with Gasteiger partial charge in [0.15, 0.2) is 18.1 Å². The van der Waals surface area contributed by atoms with Crippen LogP contribution in [0.15, 0.2) is 78.0 Å². The summed E-state index contributed by atoms with van der Waals surface area (Å²) in [5, 5.41) is 6.62. The van der Waals surface area contributed by atoms with E-state index in [0.29, 0.717) is 18.1 Å². The molecule has 1 N–H and O–H groups in total. The van der Waals surface area contributed by atoms with Crippen LogP contribution in [0.5, 0.6) is 11.5 Å². The maximum Gasteiger partial charge on any atom is 0.265 e. The van der Waals surface area contributed by atoms with Crippen LogP contribution in [0.1, 0.15) is 16.7 Å². The van der Waals surface area contributed by atoms with E-state index in [1.54, 1.807) is 13.2 Å². The number of rotatable bonds is 9. The van der Waals surface area contributed by atoms with Gasteiger partial charge in [0.05, 0.1) is 13.3 Å². The van der Waals surface area contributed by atoms with Crippen LogP contribution in [0.2, 0.25) is 0 Å². The Morgan fingerprint density at radius 1 is 1.00 bits per heavy atom. The number of ether oxygens (including phenoxy) is 2. The van der Waals surface area contributed by atoms with Crippen LogP contribution in [0.4, 0.5) is 5.69 Å². The minimum atomic E-state index is -0.278. The standard InChI is InChI=1S/C24H24N2O4/c1-18-7-6-10-21(13-18)26-24(27)17-30-25-15-20-11-12-22(23(14-20)28-2)29-16-19-8-4-3-5-9-19/h3-15H,16-17H2,1-2H3,(H,26,27). The van der Waals surface area contributed by atoms with E-state index in [-0.39, 0.29) is 12.5 Å². The first-order valence-corrected chi connectivity index (χ1v) is 9.50. The van der Waals surface area contributed by atoms with Crippen molar-refractivity contribution in [1.29, 1.82) is 0 Å². The molecule has 1 amide bonds. The van der Waals surface area contributed by atoms with E-state index < -0.39 is 0 Å². The molecule has 0 bridgehead atoms. The molecule has 0 aliphatic heterocycles. The van der Waals surface area contributed by atoms with Gasteiger partial charge in [-0.1, -0.05) is 47.6 Å². The van der Waals surface area contributed by atoms with Gasteiger partial charge in [0.2, 0.25) is 0 Å². The lowest BCUT2D eigenvalue weighted by atomic mass is 10.2. The van der Waals surface area contributed by atoms with Gasteiger partial charge >= 0.3 is 0 Å². The molecule has 0 aliphatic carbocycles. The summed E-state index contributed by atoms with van der Waals surface area (Å²) in [5.74, 6) is 0.948. The second kappa shape index (κ2) is 10.7. The van der Waals surface area contributed by atoms with Gasteiger partial charge in [-0.15, -0.1) is 0 Å². The van der Waals surface area contributed by atoms with Crippen LogP contribution in [0.25, 0.3) is 0 Å². The van der Waals surface area contributed by atoms with E-state index in [1.807, 2.05) is 73.7 Å². The van der Waals surface area contributed by atoms with Crippen molar-refractivity contribution in [2.75, 3.05) is 19.0 Å². The average molecular weight is 404 g/mol. The van der Waals surface area contributed by atoms with Crippen molar-refractivity contribution in [3.05, 3.63) is 89.5 Å². The third-order valence-corrected chi connectivity index (χ3v) is 4.20. The monoisotopic (exact) mass is 404 g/mol. The van der Waals surface area contributed by atoms with Crippen LogP contribution >= 0.6 is 0 Å². The smallest absolute Gasteiger partial charge is 0.265 e. The second-order valence-corrected chi connectivity index (χ2v) is 6.61. The number of hydrogen-bond acceptors (Lipinski definition) is 5. The van der Waals surface area contributed by atoms with Crippen molar-refractivity contribution >= 4 is 17.8 Å². The normalized spacial score (nSPS) is 10.6. The van der Waals surface area contributed by atoms with Crippen molar-refractivity contribution < 1.29 is 19.1 Å². The summed E-state index contributed by atoms with van der Waals surface area (Å²) in [4.78, 5) is 17.0. The van der Waals surface area contributed by atoms with Gasteiger partial charge < -0.3 is 19.6 Å². The maximum absolute atomic E-state index is 11.9. The first-order chi connectivity index (χ1) is 14.6. The number of aryl methyl sites for hydroxylation is 1. The molecule has 0 saturated carbocycles. The molecule has 0 atom stereocenters. The van der Waals surface area contributed by atoms with E-state index in [1.165, 1.54) is 6.21 Å². The van der Waals surface area contributed by atoms with Crippen molar-refractivity contribution in [3.8, 4) is 11.5 Å². The minimum absolute atomic E-state index is 0.181. The SMILES string of the molecule is COc1cc(C=NOCC(=O)Nc2cccc(C)c2)ccc1OCc1ccccc1. The summed E-state index contributed by atoms with van der Waals surface area (Å²) in [7, 11) is 1.58. The molecule has 3 rings (SSSR count). The first-order valence-electron chi connectivity index (χ1n) is 9.50. The zero-order valence-electron chi connectivity index (χ0n) is 17.0. The van der Waals surface area contributed by atoms with Gasteiger partial charge in [0, 0.05) is 11.3 Å². The van der Waals surface area contributed by atoms with Crippen LogP contribution in [0, 0.1) is 6.92 Å². The lowest BCUT2D eigenvalue weighted by Gasteiger charge is -2.11. The van der Waals surface area contributed by atoms with Gasteiger partial charge in [-0.3, -0.25) is 4.79 Å². The molecular weight excluding hydrogens is 380 g/mol. The highest BCUT2D eigenvalue weighted by molar-refractivity contribution is 5.91. The Balaban J connectivity index is 1.50. The molecule has 0 aliphatic rings. The topological polar surface area (TPSA) is 69.2 Å². The fraction of sp³-hybridized carbons (Fsp3) is 0.167. The number of benzene rings is 3. The predicted octanol–water partition coefficient (Wildman–Crippen LogP) is 4.57. The Hall–Kier alpha value is -3.80. The molecule has 0 heterocycles. The largest absolute Gasteiger partial charge is 0.493 e. The van der Waals surface area contributed by atoms with Crippen molar-refractivity contribution in [2.24, 2.45) is 5.16 Å². The summed E-state index contributed by atoms with van der Waals surface area (Å²) >= 11 is 0. The Morgan fingerprint density at radius 2 is 1.83 bits per heavy atom. The van der Waals surface area contributed by atoms with E-state index in [0.717, 1.165) is 22.4 Å². The number of nitrogens with one attached hydrogen (secondary N) is 1. The van der Waals surface area contributed by atoms with Crippen molar-refractivity contribution in [1.82, 2.24) is 0 Å². The third-order valence-electron chi connectivity index (χ3n) is 4.20. The van der Waals surface area contributed by atoms with E-state index >= 15 is 0 Å².